The molecular formula is C17H16N4O8. The summed E-state index contributed by atoms with van der Waals surface area (Å²) in [6.07, 6.45) is -1.17. The molecule has 0 aromatic carbocycles. The molecule has 0 aliphatic carbocycles. The number of rotatable bonds is 12. The van der Waals surface area contributed by atoms with Crippen LogP contribution in [0.2, 0.25) is 0 Å². The first kappa shape index (κ1) is 24.8. The summed E-state index contributed by atoms with van der Waals surface area (Å²) in [7, 11) is 0. The van der Waals surface area contributed by atoms with E-state index < -0.39 is 81.7 Å². The molecule has 12 nitrogen and oxygen atoms in total. The maximum absolute atomic E-state index is 11.5. The normalized spacial score (nSPS) is 9.52. The highest BCUT2D eigenvalue weighted by Gasteiger charge is 2.38. The van der Waals surface area contributed by atoms with E-state index in [-0.39, 0.29) is 0 Å². The smallest absolute Gasteiger partial charge is 0.387 e. The Bertz CT molecular complexity index is 648. The summed E-state index contributed by atoms with van der Waals surface area (Å²) in [5.74, 6) is -3.72. The molecule has 0 heterocycles. The van der Waals surface area contributed by atoms with Crippen LogP contribution in [-0.4, -0.2) is 63.4 Å². The van der Waals surface area contributed by atoms with Gasteiger partial charge in [-0.2, -0.15) is 10.5 Å². The zero-order chi connectivity index (χ0) is 22.1. The highest BCUT2D eigenvalue weighted by molar-refractivity contribution is 5.74. The molecule has 0 unspecified atom stereocenters. The van der Waals surface area contributed by atoms with Crippen LogP contribution in [0, 0.1) is 41.2 Å². The maximum Gasteiger partial charge on any atom is 0.387 e. The molecule has 0 atom stereocenters. The molecule has 0 rings (SSSR count). The van der Waals surface area contributed by atoms with Crippen LogP contribution in [-0.2, 0) is 38.1 Å². The van der Waals surface area contributed by atoms with E-state index in [4.69, 9.17) is 42.6 Å². The van der Waals surface area contributed by atoms with Crippen molar-refractivity contribution in [2.75, 3.05) is 39.5 Å². The average molecular weight is 404 g/mol. The van der Waals surface area contributed by atoms with Gasteiger partial charge in [-0.15, -0.1) is 0 Å². The van der Waals surface area contributed by atoms with Crippen molar-refractivity contribution in [2.45, 2.75) is 12.8 Å². The number of nitriles is 2. The number of nitrogens with zero attached hydrogens (tertiary/aromatic N) is 4. The number of hydrogen-bond donors (Lipinski definition) is 0. The minimum Gasteiger partial charge on any atom is -0.464 e. The van der Waals surface area contributed by atoms with Gasteiger partial charge in [0.2, 0.25) is 0 Å². The average Bonchev–Trinajstić information content (AvgIpc) is 2.68. The molecule has 0 aromatic heterocycles. The Balaban J connectivity index is 5.48. The van der Waals surface area contributed by atoms with E-state index in [1.807, 2.05) is 0 Å². The van der Waals surface area contributed by atoms with Gasteiger partial charge in [0.05, 0.1) is 12.1 Å². The second-order valence-electron chi connectivity index (χ2n) is 5.44. The molecule has 0 amide bonds. The van der Waals surface area contributed by atoms with E-state index in [0.717, 1.165) is 0 Å². The van der Waals surface area contributed by atoms with Crippen molar-refractivity contribution in [3.8, 4) is 12.1 Å². The van der Waals surface area contributed by atoms with Crippen molar-refractivity contribution in [3.63, 3.8) is 0 Å². The third kappa shape index (κ3) is 11.2. The van der Waals surface area contributed by atoms with Crippen LogP contribution in [0.15, 0.2) is 0 Å². The predicted molar refractivity (Wildman–Crippen MR) is 89.7 cm³/mol. The topological polar surface area (TPSA) is 162 Å². The second kappa shape index (κ2) is 14.0. The molecule has 0 saturated heterocycles. The Morgan fingerprint density at radius 3 is 1.28 bits per heavy atom. The SMILES string of the molecule is [C-]#[N+]CC(=O)OCC(COC(=O)CC#N)(COC(=O)CC#N)COC(=O)C[N+]#[C-]. The summed E-state index contributed by atoms with van der Waals surface area (Å²) in [6, 6.07) is 3.14. The second-order valence-corrected chi connectivity index (χ2v) is 5.44. The van der Waals surface area contributed by atoms with Gasteiger partial charge in [-0.3, -0.25) is 9.59 Å². The number of ether oxygens (including phenoxy) is 4. The predicted octanol–water partition coefficient (Wildman–Crippen LogP) is -0.188. The fraction of sp³-hybridized carbons (Fsp3) is 0.529. The first-order chi connectivity index (χ1) is 13.8. The van der Waals surface area contributed by atoms with E-state index in [0.29, 0.717) is 0 Å². The number of hydrogen-bond acceptors (Lipinski definition) is 10. The van der Waals surface area contributed by atoms with Crippen LogP contribution >= 0.6 is 0 Å². The van der Waals surface area contributed by atoms with Crippen molar-refractivity contribution in [2.24, 2.45) is 5.41 Å². The van der Waals surface area contributed by atoms with Gasteiger partial charge >= 0.3 is 37.0 Å². The lowest BCUT2D eigenvalue weighted by Crippen LogP contribution is -2.44. The zero-order valence-corrected chi connectivity index (χ0v) is 15.2. The minimum atomic E-state index is -1.58. The van der Waals surface area contributed by atoms with Crippen LogP contribution in [0.4, 0.5) is 0 Å². The minimum absolute atomic E-state index is 0.577. The van der Waals surface area contributed by atoms with E-state index in [2.05, 4.69) is 9.69 Å². The van der Waals surface area contributed by atoms with Crippen LogP contribution in [0.3, 0.4) is 0 Å². The van der Waals surface area contributed by atoms with E-state index in [1.165, 1.54) is 0 Å². The van der Waals surface area contributed by atoms with Crippen molar-refractivity contribution in [3.05, 3.63) is 22.8 Å². The third-order valence-electron chi connectivity index (χ3n) is 3.02. The molecule has 0 spiro atoms. The lowest BCUT2D eigenvalue weighted by molar-refractivity contribution is -0.168. The Hall–Kier alpha value is -4.16. The van der Waals surface area contributed by atoms with Crippen LogP contribution in [0.5, 0.6) is 0 Å². The Morgan fingerprint density at radius 1 is 0.690 bits per heavy atom. The van der Waals surface area contributed by atoms with Gasteiger partial charge < -0.3 is 28.6 Å². The summed E-state index contributed by atoms with van der Waals surface area (Å²) in [4.78, 5) is 51.8. The van der Waals surface area contributed by atoms with E-state index in [1.54, 1.807) is 12.1 Å². The first-order valence-electron chi connectivity index (χ1n) is 7.85. The molecule has 12 heteroatoms. The Morgan fingerprint density at radius 2 is 1.00 bits per heavy atom. The van der Waals surface area contributed by atoms with Gasteiger partial charge in [0.15, 0.2) is 0 Å². The number of carbonyl (C=O) groups excluding carboxylic acids is 4. The fourth-order valence-corrected chi connectivity index (χ4v) is 1.64. The monoisotopic (exact) mass is 404 g/mol. The lowest BCUT2D eigenvalue weighted by Gasteiger charge is -2.30. The molecular weight excluding hydrogens is 388 g/mol. The Kier molecular flexibility index (Phi) is 12.0. The van der Waals surface area contributed by atoms with Gasteiger partial charge in [-0.1, -0.05) is 0 Å². The molecule has 152 valence electrons. The highest BCUT2D eigenvalue weighted by Crippen LogP contribution is 2.22. The molecule has 0 N–H and O–H groups in total. The molecule has 0 aliphatic rings. The zero-order valence-electron chi connectivity index (χ0n) is 15.2. The maximum atomic E-state index is 11.5. The van der Waals surface area contributed by atoms with Crippen LogP contribution < -0.4 is 0 Å². The lowest BCUT2D eigenvalue weighted by atomic mass is 9.92. The quantitative estimate of drug-likeness (QED) is 0.242. The Labute approximate surface area is 166 Å². The summed E-state index contributed by atoms with van der Waals surface area (Å²) in [5, 5.41) is 17.1. The van der Waals surface area contributed by atoms with Gasteiger partial charge in [0, 0.05) is 0 Å². The number of esters is 4. The van der Waals surface area contributed by atoms with Gasteiger partial charge in [0.25, 0.3) is 0 Å². The summed E-state index contributed by atoms with van der Waals surface area (Å²) in [5.41, 5.74) is -1.58. The summed E-state index contributed by atoms with van der Waals surface area (Å²) < 4.78 is 19.6. The molecule has 0 saturated carbocycles. The van der Waals surface area contributed by atoms with Gasteiger partial charge in [-0.05, 0) is 0 Å². The van der Waals surface area contributed by atoms with Gasteiger partial charge in [0.1, 0.15) is 44.7 Å². The van der Waals surface area contributed by atoms with E-state index in [9.17, 15) is 19.2 Å². The van der Waals surface area contributed by atoms with Crippen LogP contribution in [0.25, 0.3) is 9.69 Å². The molecule has 0 radical (unpaired) electrons. The van der Waals surface area contributed by atoms with E-state index >= 15 is 0 Å². The molecule has 0 fully saturated rings. The summed E-state index contributed by atoms with van der Waals surface area (Å²) in [6.45, 7) is 9.77. The largest absolute Gasteiger partial charge is 0.464 e. The molecule has 29 heavy (non-hydrogen) atoms. The van der Waals surface area contributed by atoms with Crippen molar-refractivity contribution < 1.29 is 38.1 Å². The standard InChI is InChI=1S/C17H16N4O8/c1-20-7-15(24)28-11-17(9-26-13(22)3-5-18,10-27-14(23)4-6-19)12-29-16(25)8-21-2/h3-4,7-12H2. The third-order valence-corrected chi connectivity index (χ3v) is 3.02. The first-order valence-corrected chi connectivity index (χ1v) is 7.85. The summed E-state index contributed by atoms with van der Waals surface area (Å²) >= 11 is 0. The molecule has 0 aromatic rings. The molecule has 0 bridgehead atoms. The van der Waals surface area contributed by atoms with Crippen molar-refractivity contribution >= 4 is 23.9 Å². The number of carbonyl (C=O) groups is 4. The highest BCUT2D eigenvalue weighted by atomic mass is 16.6. The van der Waals surface area contributed by atoms with Crippen molar-refractivity contribution in [1.82, 2.24) is 0 Å². The fourth-order valence-electron chi connectivity index (χ4n) is 1.64. The van der Waals surface area contributed by atoms with Gasteiger partial charge in [-0.25, -0.2) is 22.7 Å². The molecule has 0 aliphatic heterocycles. The van der Waals surface area contributed by atoms with Crippen LogP contribution in [0.1, 0.15) is 12.8 Å². The van der Waals surface area contributed by atoms with Crippen molar-refractivity contribution in [1.29, 1.82) is 10.5 Å².